The summed E-state index contributed by atoms with van der Waals surface area (Å²) in [5.41, 5.74) is 0.621. The molecule has 0 aliphatic heterocycles. The molecule has 0 aromatic carbocycles. The van der Waals surface area contributed by atoms with Crippen LogP contribution >= 0.6 is 0 Å². The van der Waals surface area contributed by atoms with Gasteiger partial charge in [0.1, 0.15) is 0 Å². The molecule has 0 saturated heterocycles. The average Bonchev–Trinajstić information content (AvgIpc) is 2.10. The lowest BCUT2D eigenvalue weighted by Gasteiger charge is -2.09. The van der Waals surface area contributed by atoms with Crippen LogP contribution in [0.5, 0.6) is 0 Å². The van der Waals surface area contributed by atoms with E-state index in [4.69, 9.17) is 5.11 Å². The van der Waals surface area contributed by atoms with Crippen LogP contribution in [0.2, 0.25) is 0 Å². The van der Waals surface area contributed by atoms with Gasteiger partial charge in [0.15, 0.2) is 6.10 Å². The number of hydrogen-bond donors (Lipinski definition) is 1. The molecule has 0 amide bonds. The van der Waals surface area contributed by atoms with Crippen molar-refractivity contribution < 1.29 is 18.3 Å². The highest BCUT2D eigenvalue weighted by Gasteiger charge is 2.35. The van der Waals surface area contributed by atoms with Crippen molar-refractivity contribution >= 4 is 0 Å². The summed E-state index contributed by atoms with van der Waals surface area (Å²) in [6.07, 6.45) is -0.0277. The van der Waals surface area contributed by atoms with Gasteiger partial charge in [0, 0.05) is 0 Å². The first-order valence-electron chi connectivity index (χ1n) is 4.13. The quantitative estimate of drug-likeness (QED) is 0.704. The Labute approximate surface area is 81.2 Å². The van der Waals surface area contributed by atoms with E-state index in [2.05, 4.69) is 0 Å². The van der Waals surface area contributed by atoms with E-state index in [1.165, 1.54) is 6.08 Å². The average molecular weight is 206 g/mol. The first kappa shape index (κ1) is 13.0. The van der Waals surface area contributed by atoms with Crippen molar-refractivity contribution in [2.75, 3.05) is 0 Å². The number of alkyl halides is 3. The van der Waals surface area contributed by atoms with Gasteiger partial charge in [-0.3, -0.25) is 0 Å². The Hall–Kier alpha value is -1.03. The second kappa shape index (κ2) is 5.65. The zero-order valence-electron chi connectivity index (χ0n) is 8.05. The molecule has 0 aromatic heterocycles. The Morgan fingerprint density at radius 3 is 2.14 bits per heavy atom. The molecular weight excluding hydrogens is 193 g/mol. The molecule has 4 heteroatoms. The molecule has 1 nitrogen and oxygen atoms in total. The zero-order chi connectivity index (χ0) is 11.2. The van der Waals surface area contributed by atoms with Crippen LogP contribution in [0.4, 0.5) is 13.2 Å². The third-order valence-corrected chi connectivity index (χ3v) is 1.50. The number of halogens is 3. The molecule has 0 fully saturated rings. The summed E-state index contributed by atoms with van der Waals surface area (Å²) in [6.45, 7) is 3.47. The van der Waals surface area contributed by atoms with Gasteiger partial charge in [-0.2, -0.15) is 13.2 Å². The predicted octanol–water partition coefficient (Wildman–Crippen LogP) is 2.99. The third-order valence-electron chi connectivity index (χ3n) is 1.50. The maximum Gasteiger partial charge on any atom is 0.417 e. The smallest absolute Gasteiger partial charge is 0.380 e. The molecule has 80 valence electrons. The van der Waals surface area contributed by atoms with Gasteiger partial charge in [0.05, 0.1) is 0 Å². The van der Waals surface area contributed by atoms with Crippen molar-refractivity contribution in [1.29, 1.82) is 0 Å². The third kappa shape index (κ3) is 4.87. The van der Waals surface area contributed by atoms with E-state index in [0.29, 0.717) is 5.57 Å². The summed E-state index contributed by atoms with van der Waals surface area (Å²) >= 11 is 0. The molecule has 14 heavy (non-hydrogen) atoms. The van der Waals surface area contributed by atoms with E-state index in [0.717, 1.165) is 6.08 Å². The van der Waals surface area contributed by atoms with Crippen molar-refractivity contribution in [1.82, 2.24) is 0 Å². The summed E-state index contributed by atoms with van der Waals surface area (Å²) in [4.78, 5) is 0. The standard InChI is InChI=1S/C10H13F3O/c1-3-5-8(4-2)6-7-9(14)10(11,12)13/h3-7,9,14H,1-2H3/b5-3-,7-6+,8-4+/t9-/m1/s1. The highest BCUT2D eigenvalue weighted by Crippen LogP contribution is 2.21. The van der Waals surface area contributed by atoms with Crippen molar-refractivity contribution in [2.45, 2.75) is 26.1 Å². The van der Waals surface area contributed by atoms with Crippen molar-refractivity contribution in [2.24, 2.45) is 0 Å². The Kier molecular flexibility index (Phi) is 5.23. The van der Waals surface area contributed by atoms with Gasteiger partial charge >= 0.3 is 6.18 Å². The van der Waals surface area contributed by atoms with Gasteiger partial charge in [-0.1, -0.05) is 24.3 Å². The van der Waals surface area contributed by atoms with Crippen LogP contribution in [0.15, 0.2) is 36.0 Å². The SMILES string of the molecule is C\C=C/C(/C=C/[C@@H](O)C(F)(F)F)=C\C. The molecule has 1 N–H and O–H groups in total. The molecule has 0 saturated carbocycles. The van der Waals surface area contributed by atoms with Crippen LogP contribution < -0.4 is 0 Å². The fraction of sp³-hybridized carbons (Fsp3) is 0.400. The van der Waals surface area contributed by atoms with Crippen molar-refractivity contribution in [3.63, 3.8) is 0 Å². The number of aliphatic hydroxyl groups excluding tert-OH is 1. The van der Waals surface area contributed by atoms with Crippen LogP contribution in [0, 0.1) is 0 Å². The minimum atomic E-state index is -4.59. The normalized spacial score (nSPS) is 16.9. The Morgan fingerprint density at radius 2 is 1.79 bits per heavy atom. The molecule has 0 spiro atoms. The molecule has 0 radical (unpaired) electrons. The van der Waals surface area contributed by atoms with Crippen LogP contribution in [-0.4, -0.2) is 17.4 Å². The van der Waals surface area contributed by atoms with Gasteiger partial charge in [0.2, 0.25) is 0 Å². The molecule has 0 bridgehead atoms. The first-order chi connectivity index (χ1) is 6.41. The number of aliphatic hydroxyl groups is 1. The van der Waals surface area contributed by atoms with Crippen LogP contribution in [0.1, 0.15) is 13.8 Å². The minimum absolute atomic E-state index is 0.621. The van der Waals surface area contributed by atoms with E-state index < -0.39 is 12.3 Å². The lowest BCUT2D eigenvalue weighted by molar-refractivity contribution is -0.187. The summed E-state index contributed by atoms with van der Waals surface area (Å²) in [7, 11) is 0. The predicted molar refractivity (Wildman–Crippen MR) is 49.8 cm³/mol. The van der Waals surface area contributed by atoms with Gasteiger partial charge in [-0.05, 0) is 25.5 Å². The highest BCUT2D eigenvalue weighted by atomic mass is 19.4. The van der Waals surface area contributed by atoms with Gasteiger partial charge in [-0.25, -0.2) is 0 Å². The van der Waals surface area contributed by atoms with Gasteiger partial charge in [-0.15, -0.1) is 0 Å². The van der Waals surface area contributed by atoms with Crippen LogP contribution in [-0.2, 0) is 0 Å². The molecule has 0 unspecified atom stereocenters. The fourth-order valence-corrected chi connectivity index (χ4v) is 0.752. The maximum absolute atomic E-state index is 11.9. The molecular formula is C10H13F3O. The minimum Gasteiger partial charge on any atom is -0.380 e. The molecule has 1 atom stereocenters. The molecule has 0 aromatic rings. The monoisotopic (exact) mass is 206 g/mol. The van der Waals surface area contributed by atoms with Crippen LogP contribution in [0.3, 0.4) is 0 Å². The topological polar surface area (TPSA) is 20.2 Å². The second-order valence-corrected chi connectivity index (χ2v) is 2.63. The zero-order valence-corrected chi connectivity index (χ0v) is 8.05. The molecule has 0 aliphatic rings. The summed E-state index contributed by atoms with van der Waals surface area (Å²) in [5, 5.41) is 8.64. The van der Waals surface area contributed by atoms with E-state index in [1.54, 1.807) is 32.1 Å². The summed E-state index contributed by atoms with van der Waals surface area (Å²) < 4.78 is 35.6. The fourth-order valence-electron chi connectivity index (χ4n) is 0.752. The van der Waals surface area contributed by atoms with E-state index in [9.17, 15) is 13.2 Å². The number of hydrogen-bond acceptors (Lipinski definition) is 1. The Balaban J connectivity index is 4.44. The Morgan fingerprint density at radius 1 is 1.21 bits per heavy atom. The summed E-state index contributed by atoms with van der Waals surface area (Å²) in [6, 6.07) is 0. The number of allylic oxidation sites excluding steroid dienone is 5. The largest absolute Gasteiger partial charge is 0.417 e. The van der Waals surface area contributed by atoms with Crippen molar-refractivity contribution in [3.8, 4) is 0 Å². The summed E-state index contributed by atoms with van der Waals surface area (Å²) in [5.74, 6) is 0. The van der Waals surface area contributed by atoms with E-state index in [1.807, 2.05) is 0 Å². The lowest BCUT2D eigenvalue weighted by Crippen LogP contribution is -2.26. The van der Waals surface area contributed by atoms with Crippen LogP contribution in [0.25, 0.3) is 0 Å². The van der Waals surface area contributed by atoms with Gasteiger partial charge in [0.25, 0.3) is 0 Å². The maximum atomic E-state index is 11.9. The Bertz CT molecular complexity index is 249. The van der Waals surface area contributed by atoms with Crippen molar-refractivity contribution in [3.05, 3.63) is 36.0 Å². The van der Waals surface area contributed by atoms with E-state index >= 15 is 0 Å². The molecule has 0 heterocycles. The molecule has 0 rings (SSSR count). The second-order valence-electron chi connectivity index (χ2n) is 2.63. The number of rotatable bonds is 3. The van der Waals surface area contributed by atoms with E-state index in [-0.39, 0.29) is 0 Å². The van der Waals surface area contributed by atoms with Gasteiger partial charge < -0.3 is 5.11 Å². The molecule has 0 aliphatic carbocycles. The lowest BCUT2D eigenvalue weighted by atomic mass is 10.2. The highest BCUT2D eigenvalue weighted by molar-refractivity contribution is 5.30. The first-order valence-corrected chi connectivity index (χ1v) is 4.13.